The number of halogens is 2. The van der Waals surface area contributed by atoms with Gasteiger partial charge in [0.05, 0.1) is 12.5 Å². The first-order valence-corrected chi connectivity index (χ1v) is 8.36. The normalized spacial score (nSPS) is 10.7. The highest BCUT2D eigenvalue weighted by Crippen LogP contribution is 2.35. The average Bonchev–Trinajstić information content (AvgIpc) is 3.12. The first-order chi connectivity index (χ1) is 12.4. The fourth-order valence-electron chi connectivity index (χ4n) is 2.52. The van der Waals surface area contributed by atoms with E-state index in [1.807, 2.05) is 6.07 Å². The molecule has 26 heavy (non-hydrogen) atoms. The van der Waals surface area contributed by atoms with Crippen molar-refractivity contribution in [3.05, 3.63) is 70.1 Å². The molecule has 3 rings (SSSR count). The maximum Gasteiger partial charge on any atom is 0.341 e. The largest absolute Gasteiger partial charge is 0.507 e. The molecule has 1 heterocycles. The zero-order valence-corrected chi connectivity index (χ0v) is 14.9. The summed E-state index contributed by atoms with van der Waals surface area (Å²) in [6.45, 7) is -0.474. The molecule has 0 fully saturated rings. The molecule has 0 bridgehead atoms. The van der Waals surface area contributed by atoms with Gasteiger partial charge in [-0.15, -0.1) is 0 Å². The molecule has 0 aliphatic carbocycles. The van der Waals surface area contributed by atoms with Crippen molar-refractivity contribution >= 4 is 29.2 Å². The van der Waals surface area contributed by atoms with Crippen LogP contribution in [0.3, 0.4) is 0 Å². The van der Waals surface area contributed by atoms with Crippen LogP contribution in [0.4, 0.5) is 0 Å². The summed E-state index contributed by atoms with van der Waals surface area (Å²) < 4.78 is 10.2. The van der Waals surface area contributed by atoms with E-state index in [1.165, 1.54) is 18.4 Å². The molecule has 134 valence electrons. The minimum absolute atomic E-state index is 0.143. The standard InChI is InChI=1S/C19H14Cl2O5/c20-16-7-13(26-10-19(23)24)8-17(21)15(16)6-11-1-2-18(22)14(5-11)12-3-4-25-9-12/h1-5,7-9,22H,6,10H2,(H,23,24). The molecule has 2 N–H and O–H groups in total. The minimum atomic E-state index is -1.09. The summed E-state index contributed by atoms with van der Waals surface area (Å²) in [6.07, 6.45) is 3.51. The van der Waals surface area contributed by atoms with Gasteiger partial charge in [0.25, 0.3) is 0 Å². The number of carboxylic acids is 1. The zero-order valence-electron chi connectivity index (χ0n) is 13.4. The number of rotatable bonds is 6. The van der Waals surface area contributed by atoms with E-state index < -0.39 is 12.6 Å². The highest BCUT2D eigenvalue weighted by molar-refractivity contribution is 6.36. The Morgan fingerprint density at radius 3 is 2.46 bits per heavy atom. The lowest BCUT2D eigenvalue weighted by Crippen LogP contribution is -2.09. The fourth-order valence-corrected chi connectivity index (χ4v) is 3.12. The van der Waals surface area contributed by atoms with Crippen LogP contribution in [0.5, 0.6) is 11.5 Å². The van der Waals surface area contributed by atoms with E-state index in [-0.39, 0.29) is 11.5 Å². The van der Waals surface area contributed by atoms with Gasteiger partial charge in [-0.05, 0) is 41.5 Å². The van der Waals surface area contributed by atoms with Crippen LogP contribution < -0.4 is 4.74 Å². The molecule has 0 amide bonds. The minimum Gasteiger partial charge on any atom is -0.507 e. The van der Waals surface area contributed by atoms with Crippen LogP contribution in [0.25, 0.3) is 11.1 Å². The Labute approximate surface area is 159 Å². The van der Waals surface area contributed by atoms with Gasteiger partial charge in [0.2, 0.25) is 0 Å². The van der Waals surface area contributed by atoms with E-state index in [0.717, 1.165) is 11.1 Å². The third-order valence-corrected chi connectivity index (χ3v) is 4.43. The van der Waals surface area contributed by atoms with Gasteiger partial charge in [0, 0.05) is 27.6 Å². The van der Waals surface area contributed by atoms with Crippen molar-refractivity contribution in [2.24, 2.45) is 0 Å². The first-order valence-electron chi connectivity index (χ1n) is 7.61. The number of carbonyl (C=O) groups is 1. The lowest BCUT2D eigenvalue weighted by Gasteiger charge is -2.12. The predicted molar refractivity (Wildman–Crippen MR) is 98.2 cm³/mol. The third-order valence-electron chi connectivity index (χ3n) is 3.75. The summed E-state index contributed by atoms with van der Waals surface area (Å²) in [4.78, 5) is 10.6. The van der Waals surface area contributed by atoms with Gasteiger partial charge in [-0.2, -0.15) is 0 Å². The number of carboxylic acid groups (broad SMARTS) is 1. The van der Waals surface area contributed by atoms with Crippen LogP contribution in [0.15, 0.2) is 53.3 Å². The molecule has 2 aromatic carbocycles. The second-order valence-corrected chi connectivity index (χ2v) is 6.40. The van der Waals surface area contributed by atoms with Gasteiger partial charge in [-0.3, -0.25) is 0 Å². The number of ether oxygens (including phenoxy) is 1. The Kier molecular flexibility index (Phi) is 5.40. The smallest absolute Gasteiger partial charge is 0.341 e. The molecule has 7 heteroatoms. The van der Waals surface area contributed by atoms with E-state index in [4.69, 9.17) is 37.5 Å². The Morgan fingerprint density at radius 2 is 1.85 bits per heavy atom. The van der Waals surface area contributed by atoms with E-state index in [1.54, 1.807) is 24.5 Å². The lowest BCUT2D eigenvalue weighted by molar-refractivity contribution is -0.139. The number of furan rings is 1. The third kappa shape index (κ3) is 4.12. The van der Waals surface area contributed by atoms with Gasteiger partial charge in [0.1, 0.15) is 11.5 Å². The number of phenolic OH excluding ortho intramolecular Hbond substituents is 1. The van der Waals surface area contributed by atoms with Crippen molar-refractivity contribution in [1.29, 1.82) is 0 Å². The highest BCUT2D eigenvalue weighted by atomic mass is 35.5. The maximum absolute atomic E-state index is 10.6. The topological polar surface area (TPSA) is 79.9 Å². The van der Waals surface area contributed by atoms with Gasteiger partial charge in [0.15, 0.2) is 6.61 Å². The van der Waals surface area contributed by atoms with Crippen molar-refractivity contribution < 1.29 is 24.2 Å². The van der Waals surface area contributed by atoms with Gasteiger partial charge >= 0.3 is 5.97 Å². The molecule has 0 spiro atoms. The van der Waals surface area contributed by atoms with Crippen LogP contribution >= 0.6 is 23.2 Å². The summed E-state index contributed by atoms with van der Waals surface area (Å²) in [6, 6.07) is 10.0. The maximum atomic E-state index is 10.6. The first kappa shape index (κ1) is 18.2. The Bertz CT molecular complexity index is 912. The van der Waals surface area contributed by atoms with Gasteiger partial charge < -0.3 is 19.4 Å². The summed E-state index contributed by atoms with van der Waals surface area (Å²) in [5, 5.41) is 19.5. The second-order valence-electron chi connectivity index (χ2n) is 5.59. The van der Waals surface area contributed by atoms with Gasteiger partial charge in [-0.1, -0.05) is 29.3 Å². The second kappa shape index (κ2) is 7.72. The molecule has 0 saturated carbocycles. The van der Waals surface area contributed by atoms with E-state index in [0.29, 0.717) is 27.6 Å². The summed E-state index contributed by atoms with van der Waals surface area (Å²) in [5.41, 5.74) is 2.98. The van der Waals surface area contributed by atoms with Crippen molar-refractivity contribution in [3.63, 3.8) is 0 Å². The number of aromatic hydroxyl groups is 1. The van der Waals surface area contributed by atoms with Crippen molar-refractivity contribution in [1.82, 2.24) is 0 Å². The molecular formula is C19H14Cl2O5. The van der Waals surface area contributed by atoms with Crippen molar-refractivity contribution in [2.45, 2.75) is 6.42 Å². The predicted octanol–water partition coefficient (Wildman–Crippen LogP) is 5.01. The number of aliphatic carboxylic acids is 1. The number of hydrogen-bond acceptors (Lipinski definition) is 4. The molecule has 0 aliphatic rings. The molecule has 0 radical (unpaired) electrons. The summed E-state index contributed by atoms with van der Waals surface area (Å²) in [5.74, 6) is -0.655. The Hall–Kier alpha value is -2.63. The Balaban J connectivity index is 1.87. The highest BCUT2D eigenvalue weighted by Gasteiger charge is 2.13. The molecule has 0 atom stereocenters. The molecule has 0 aliphatic heterocycles. The van der Waals surface area contributed by atoms with Crippen LogP contribution in [-0.2, 0) is 11.2 Å². The number of hydrogen-bond donors (Lipinski definition) is 2. The van der Waals surface area contributed by atoms with Gasteiger partial charge in [-0.25, -0.2) is 4.79 Å². The average molecular weight is 393 g/mol. The van der Waals surface area contributed by atoms with E-state index >= 15 is 0 Å². The Morgan fingerprint density at radius 1 is 1.12 bits per heavy atom. The fraction of sp³-hybridized carbons (Fsp3) is 0.105. The van der Waals surface area contributed by atoms with E-state index in [2.05, 4.69) is 0 Å². The summed E-state index contributed by atoms with van der Waals surface area (Å²) >= 11 is 12.6. The molecule has 3 aromatic rings. The number of phenols is 1. The van der Waals surface area contributed by atoms with Crippen LogP contribution in [-0.4, -0.2) is 22.8 Å². The van der Waals surface area contributed by atoms with E-state index in [9.17, 15) is 9.90 Å². The van der Waals surface area contributed by atoms with Crippen LogP contribution in [0.2, 0.25) is 10.0 Å². The molecule has 5 nitrogen and oxygen atoms in total. The molecular weight excluding hydrogens is 379 g/mol. The monoisotopic (exact) mass is 392 g/mol. The molecule has 0 saturated heterocycles. The van der Waals surface area contributed by atoms with Crippen molar-refractivity contribution in [2.75, 3.05) is 6.61 Å². The van der Waals surface area contributed by atoms with Crippen LogP contribution in [0.1, 0.15) is 11.1 Å². The molecule has 0 unspecified atom stereocenters. The SMILES string of the molecule is O=C(O)COc1cc(Cl)c(Cc2ccc(O)c(-c3ccoc3)c2)c(Cl)c1. The zero-order chi connectivity index (χ0) is 18.7. The molecule has 1 aromatic heterocycles. The summed E-state index contributed by atoms with van der Waals surface area (Å²) in [7, 11) is 0. The van der Waals surface area contributed by atoms with Crippen molar-refractivity contribution in [3.8, 4) is 22.6 Å². The lowest BCUT2D eigenvalue weighted by atomic mass is 9.99. The quantitative estimate of drug-likeness (QED) is 0.615. The van der Waals surface area contributed by atoms with Crippen LogP contribution in [0, 0.1) is 0 Å². The number of benzene rings is 2.